The van der Waals surface area contributed by atoms with E-state index in [4.69, 9.17) is 0 Å². The molecule has 1 N–H and O–H groups in total. The summed E-state index contributed by atoms with van der Waals surface area (Å²) in [5.74, 6) is 0. The van der Waals surface area contributed by atoms with Gasteiger partial charge in [0.1, 0.15) is 6.29 Å². The predicted molar refractivity (Wildman–Crippen MR) is 47.9 cm³/mol. The van der Waals surface area contributed by atoms with Crippen LogP contribution in [0.1, 0.15) is 46.0 Å². The molecular weight excluding hydrogens is 152 g/mol. The molecule has 12 heavy (non-hydrogen) atoms. The summed E-state index contributed by atoms with van der Waals surface area (Å²) >= 11 is 0. The Labute approximate surface area is 74.0 Å². The second kappa shape index (κ2) is 3.17. The van der Waals surface area contributed by atoms with Gasteiger partial charge in [-0.15, -0.1) is 0 Å². The van der Waals surface area contributed by atoms with Crippen LogP contribution in [0.4, 0.5) is 0 Å². The Morgan fingerprint density at radius 1 is 1.25 bits per heavy atom. The second-order valence-corrected chi connectivity index (χ2v) is 4.76. The molecular formula is C10H18O2. The van der Waals surface area contributed by atoms with Crippen LogP contribution < -0.4 is 0 Å². The van der Waals surface area contributed by atoms with Gasteiger partial charge >= 0.3 is 0 Å². The van der Waals surface area contributed by atoms with Crippen LogP contribution in [-0.4, -0.2) is 17.0 Å². The number of hydrogen-bond acceptors (Lipinski definition) is 2. The van der Waals surface area contributed by atoms with Crippen molar-refractivity contribution >= 4 is 6.29 Å². The summed E-state index contributed by atoms with van der Waals surface area (Å²) in [5.41, 5.74) is -0.327. The molecule has 0 aromatic rings. The van der Waals surface area contributed by atoms with Crippen LogP contribution in [-0.2, 0) is 4.79 Å². The standard InChI is InChI=1S/C10H18O2/c1-9(2)3-5-10(12,6-4-9)7-8-11/h8,12H,3-7H2,1-2H3. The van der Waals surface area contributed by atoms with E-state index in [-0.39, 0.29) is 0 Å². The highest BCUT2D eigenvalue weighted by Gasteiger charge is 2.35. The van der Waals surface area contributed by atoms with Gasteiger partial charge in [-0.05, 0) is 31.1 Å². The first-order valence-corrected chi connectivity index (χ1v) is 4.64. The third-order valence-electron chi connectivity index (χ3n) is 3.00. The molecule has 0 amide bonds. The van der Waals surface area contributed by atoms with Crippen LogP contribution in [0.5, 0.6) is 0 Å². The van der Waals surface area contributed by atoms with E-state index in [1.54, 1.807) is 0 Å². The summed E-state index contributed by atoms with van der Waals surface area (Å²) < 4.78 is 0. The van der Waals surface area contributed by atoms with Crippen molar-refractivity contribution in [3.63, 3.8) is 0 Å². The average Bonchev–Trinajstić information content (AvgIpc) is 1.98. The molecule has 1 fully saturated rings. The zero-order valence-electron chi connectivity index (χ0n) is 7.97. The van der Waals surface area contributed by atoms with E-state index in [0.29, 0.717) is 11.8 Å². The molecule has 0 saturated heterocycles. The van der Waals surface area contributed by atoms with Gasteiger partial charge < -0.3 is 9.90 Å². The molecule has 2 nitrogen and oxygen atoms in total. The van der Waals surface area contributed by atoms with Gasteiger partial charge in [0.25, 0.3) is 0 Å². The molecule has 0 heterocycles. The lowest BCUT2D eigenvalue weighted by atomic mass is 9.70. The van der Waals surface area contributed by atoms with Gasteiger partial charge in [-0.3, -0.25) is 0 Å². The van der Waals surface area contributed by atoms with Gasteiger partial charge in [-0.1, -0.05) is 13.8 Å². The minimum Gasteiger partial charge on any atom is -0.389 e. The summed E-state index contributed by atoms with van der Waals surface area (Å²) in [7, 11) is 0. The molecule has 0 bridgehead atoms. The minimum absolute atomic E-state index is 0.309. The van der Waals surface area contributed by atoms with Crippen LogP contribution >= 0.6 is 0 Å². The van der Waals surface area contributed by atoms with Gasteiger partial charge in [-0.2, -0.15) is 0 Å². The van der Waals surface area contributed by atoms with E-state index in [9.17, 15) is 9.90 Å². The highest BCUT2D eigenvalue weighted by atomic mass is 16.3. The Balaban J connectivity index is 2.49. The molecule has 1 saturated carbocycles. The number of carbonyl (C=O) groups excluding carboxylic acids is 1. The maximum absolute atomic E-state index is 10.3. The van der Waals surface area contributed by atoms with Gasteiger partial charge in [0.05, 0.1) is 5.60 Å². The number of rotatable bonds is 2. The molecule has 0 aromatic carbocycles. The van der Waals surface area contributed by atoms with E-state index in [1.807, 2.05) is 0 Å². The lowest BCUT2D eigenvalue weighted by Crippen LogP contribution is -2.37. The molecule has 0 aliphatic heterocycles. The van der Waals surface area contributed by atoms with Crippen molar-refractivity contribution in [1.82, 2.24) is 0 Å². The summed E-state index contributed by atoms with van der Waals surface area (Å²) in [6.45, 7) is 4.43. The minimum atomic E-state index is -0.683. The van der Waals surface area contributed by atoms with Crippen molar-refractivity contribution < 1.29 is 9.90 Å². The van der Waals surface area contributed by atoms with Crippen LogP contribution in [0.3, 0.4) is 0 Å². The fraction of sp³-hybridized carbons (Fsp3) is 0.900. The predicted octanol–water partition coefficient (Wildman–Crippen LogP) is 1.91. The Kier molecular flexibility index (Phi) is 2.57. The quantitative estimate of drug-likeness (QED) is 0.643. The summed E-state index contributed by atoms with van der Waals surface area (Å²) in [6.07, 6.45) is 4.74. The fourth-order valence-electron chi connectivity index (χ4n) is 1.75. The third kappa shape index (κ3) is 2.31. The van der Waals surface area contributed by atoms with Crippen LogP contribution in [0.15, 0.2) is 0 Å². The Morgan fingerprint density at radius 2 is 1.75 bits per heavy atom. The number of aldehydes is 1. The van der Waals surface area contributed by atoms with Crippen molar-refractivity contribution in [2.75, 3.05) is 0 Å². The maximum atomic E-state index is 10.3. The second-order valence-electron chi connectivity index (χ2n) is 4.76. The SMILES string of the molecule is CC1(C)CCC(O)(CC=O)CC1. The van der Waals surface area contributed by atoms with Crippen molar-refractivity contribution in [1.29, 1.82) is 0 Å². The molecule has 2 heteroatoms. The molecule has 70 valence electrons. The van der Waals surface area contributed by atoms with Crippen molar-refractivity contribution in [2.45, 2.75) is 51.6 Å². The lowest BCUT2D eigenvalue weighted by molar-refractivity contribution is -0.115. The van der Waals surface area contributed by atoms with Gasteiger partial charge in [0, 0.05) is 6.42 Å². The van der Waals surface area contributed by atoms with Crippen molar-refractivity contribution in [3.8, 4) is 0 Å². The van der Waals surface area contributed by atoms with Crippen LogP contribution in [0, 0.1) is 5.41 Å². The first kappa shape index (κ1) is 9.72. The molecule has 0 atom stereocenters. The molecule has 1 aliphatic rings. The Morgan fingerprint density at radius 3 is 2.17 bits per heavy atom. The largest absolute Gasteiger partial charge is 0.389 e. The normalized spacial score (nSPS) is 26.6. The number of aliphatic hydroxyl groups is 1. The lowest BCUT2D eigenvalue weighted by Gasteiger charge is -2.39. The van der Waals surface area contributed by atoms with E-state index in [0.717, 1.165) is 32.0 Å². The fourth-order valence-corrected chi connectivity index (χ4v) is 1.75. The average molecular weight is 170 g/mol. The van der Waals surface area contributed by atoms with E-state index in [1.165, 1.54) is 0 Å². The zero-order valence-corrected chi connectivity index (χ0v) is 7.97. The maximum Gasteiger partial charge on any atom is 0.122 e. The third-order valence-corrected chi connectivity index (χ3v) is 3.00. The highest BCUT2D eigenvalue weighted by molar-refractivity contribution is 5.51. The topological polar surface area (TPSA) is 37.3 Å². The van der Waals surface area contributed by atoms with Gasteiger partial charge in [0.15, 0.2) is 0 Å². The van der Waals surface area contributed by atoms with Crippen molar-refractivity contribution in [3.05, 3.63) is 0 Å². The molecule has 1 rings (SSSR count). The van der Waals surface area contributed by atoms with E-state index < -0.39 is 5.60 Å². The Hall–Kier alpha value is -0.370. The smallest absolute Gasteiger partial charge is 0.122 e. The number of hydrogen-bond donors (Lipinski definition) is 1. The molecule has 0 unspecified atom stereocenters. The summed E-state index contributed by atoms with van der Waals surface area (Å²) in [5, 5.41) is 9.87. The first-order chi connectivity index (χ1) is 5.47. The van der Waals surface area contributed by atoms with Crippen LogP contribution in [0.25, 0.3) is 0 Å². The molecule has 0 spiro atoms. The molecule has 1 aliphatic carbocycles. The monoisotopic (exact) mass is 170 g/mol. The number of carbonyl (C=O) groups is 1. The zero-order chi connectivity index (χ0) is 9.24. The highest BCUT2D eigenvalue weighted by Crippen LogP contribution is 2.41. The summed E-state index contributed by atoms with van der Waals surface area (Å²) in [6, 6.07) is 0. The van der Waals surface area contributed by atoms with E-state index in [2.05, 4.69) is 13.8 Å². The van der Waals surface area contributed by atoms with Gasteiger partial charge in [0.2, 0.25) is 0 Å². The van der Waals surface area contributed by atoms with Crippen LogP contribution in [0.2, 0.25) is 0 Å². The van der Waals surface area contributed by atoms with E-state index >= 15 is 0 Å². The first-order valence-electron chi connectivity index (χ1n) is 4.64. The Bertz CT molecular complexity index is 163. The molecule has 0 aromatic heterocycles. The summed E-state index contributed by atoms with van der Waals surface area (Å²) in [4.78, 5) is 10.3. The molecule has 0 radical (unpaired) electrons. The van der Waals surface area contributed by atoms with Crippen molar-refractivity contribution in [2.24, 2.45) is 5.41 Å². The van der Waals surface area contributed by atoms with Gasteiger partial charge in [-0.25, -0.2) is 0 Å².